The van der Waals surface area contributed by atoms with Gasteiger partial charge in [0, 0.05) is 12.6 Å². The van der Waals surface area contributed by atoms with E-state index < -0.39 is 0 Å². The Morgan fingerprint density at radius 3 is 2.76 bits per heavy atom. The van der Waals surface area contributed by atoms with Crippen LogP contribution >= 0.6 is 0 Å². The summed E-state index contributed by atoms with van der Waals surface area (Å²) in [5.41, 5.74) is 0.269. The van der Waals surface area contributed by atoms with Crippen LogP contribution in [0.3, 0.4) is 0 Å². The van der Waals surface area contributed by atoms with Gasteiger partial charge < -0.3 is 10.3 Å². The highest BCUT2D eigenvalue weighted by molar-refractivity contribution is 5.33. The zero-order chi connectivity index (χ0) is 12.3. The van der Waals surface area contributed by atoms with E-state index >= 15 is 0 Å². The van der Waals surface area contributed by atoms with Crippen molar-refractivity contribution in [3.63, 3.8) is 0 Å². The first kappa shape index (κ1) is 12.1. The standard InChI is InChI=1S/C13H21N3O/c1-10-15-11(8-12(17)16-10)14-9-13(2)6-4-3-5-7-13/h8H,3-7,9H2,1-2H3,(H2,14,15,16,17). The Kier molecular flexibility index (Phi) is 3.50. The molecule has 2 rings (SSSR count). The minimum Gasteiger partial charge on any atom is -0.369 e. The summed E-state index contributed by atoms with van der Waals surface area (Å²) < 4.78 is 0. The Bertz CT molecular complexity index is 433. The molecule has 0 unspecified atom stereocenters. The molecule has 0 amide bonds. The number of anilines is 1. The van der Waals surface area contributed by atoms with Crippen molar-refractivity contribution in [1.82, 2.24) is 9.97 Å². The fourth-order valence-corrected chi connectivity index (χ4v) is 2.56. The molecule has 1 aromatic rings. The van der Waals surface area contributed by atoms with Crippen molar-refractivity contribution in [3.05, 3.63) is 22.2 Å². The van der Waals surface area contributed by atoms with Crippen LogP contribution in [0.25, 0.3) is 0 Å². The molecule has 1 aromatic heterocycles. The van der Waals surface area contributed by atoms with E-state index in [0.717, 1.165) is 6.54 Å². The summed E-state index contributed by atoms with van der Waals surface area (Å²) in [4.78, 5) is 18.2. The Hall–Kier alpha value is -1.32. The highest BCUT2D eigenvalue weighted by atomic mass is 16.1. The van der Waals surface area contributed by atoms with Crippen LogP contribution in [0.15, 0.2) is 10.9 Å². The van der Waals surface area contributed by atoms with Crippen LogP contribution in [0.4, 0.5) is 5.82 Å². The monoisotopic (exact) mass is 235 g/mol. The maximum absolute atomic E-state index is 11.3. The van der Waals surface area contributed by atoms with Gasteiger partial charge in [0.1, 0.15) is 11.6 Å². The summed E-state index contributed by atoms with van der Waals surface area (Å²) in [6, 6.07) is 1.53. The van der Waals surface area contributed by atoms with Gasteiger partial charge in [0.15, 0.2) is 0 Å². The first-order valence-electron chi connectivity index (χ1n) is 6.39. The molecule has 17 heavy (non-hydrogen) atoms. The van der Waals surface area contributed by atoms with Crippen molar-refractivity contribution in [2.24, 2.45) is 5.41 Å². The molecule has 0 aliphatic heterocycles. The van der Waals surface area contributed by atoms with Gasteiger partial charge in [0.25, 0.3) is 5.56 Å². The largest absolute Gasteiger partial charge is 0.369 e. The number of aryl methyl sites for hydroxylation is 1. The molecule has 1 fully saturated rings. The maximum atomic E-state index is 11.3. The molecule has 2 N–H and O–H groups in total. The lowest BCUT2D eigenvalue weighted by molar-refractivity contribution is 0.233. The minimum atomic E-state index is -0.0891. The second-order valence-corrected chi connectivity index (χ2v) is 5.44. The second kappa shape index (κ2) is 4.90. The molecule has 0 aromatic carbocycles. The van der Waals surface area contributed by atoms with Crippen LogP contribution in [0, 0.1) is 12.3 Å². The number of nitrogens with zero attached hydrogens (tertiary/aromatic N) is 1. The van der Waals surface area contributed by atoms with E-state index in [1.807, 2.05) is 0 Å². The first-order valence-corrected chi connectivity index (χ1v) is 6.39. The molecular formula is C13H21N3O. The van der Waals surface area contributed by atoms with Crippen molar-refractivity contribution in [2.45, 2.75) is 46.0 Å². The third-order valence-corrected chi connectivity index (χ3v) is 3.62. The molecule has 1 aliphatic rings. The number of hydrogen-bond acceptors (Lipinski definition) is 3. The van der Waals surface area contributed by atoms with Crippen LogP contribution in [-0.2, 0) is 0 Å². The summed E-state index contributed by atoms with van der Waals surface area (Å²) in [5.74, 6) is 1.35. The molecule has 0 radical (unpaired) electrons. The number of aromatic nitrogens is 2. The van der Waals surface area contributed by atoms with Gasteiger partial charge in [-0.25, -0.2) is 4.98 Å². The molecule has 0 atom stereocenters. The fourth-order valence-electron chi connectivity index (χ4n) is 2.56. The number of nitrogens with one attached hydrogen (secondary N) is 2. The van der Waals surface area contributed by atoms with Crippen LogP contribution in [0.1, 0.15) is 44.9 Å². The molecular weight excluding hydrogens is 214 g/mol. The van der Waals surface area contributed by atoms with Gasteiger partial charge in [-0.1, -0.05) is 26.2 Å². The quantitative estimate of drug-likeness (QED) is 0.846. The van der Waals surface area contributed by atoms with Gasteiger partial charge in [0.2, 0.25) is 0 Å². The zero-order valence-electron chi connectivity index (χ0n) is 10.7. The first-order chi connectivity index (χ1) is 8.07. The average Bonchev–Trinajstić information content (AvgIpc) is 2.26. The Morgan fingerprint density at radius 2 is 2.12 bits per heavy atom. The smallest absolute Gasteiger partial charge is 0.252 e. The van der Waals surface area contributed by atoms with Gasteiger partial charge >= 0.3 is 0 Å². The van der Waals surface area contributed by atoms with E-state index in [0.29, 0.717) is 17.1 Å². The van der Waals surface area contributed by atoms with E-state index in [1.165, 1.54) is 38.2 Å². The van der Waals surface area contributed by atoms with Crippen molar-refractivity contribution < 1.29 is 0 Å². The molecule has 4 heteroatoms. The Balaban J connectivity index is 1.99. The van der Waals surface area contributed by atoms with Crippen LogP contribution in [0.2, 0.25) is 0 Å². The number of aromatic amines is 1. The average molecular weight is 235 g/mol. The van der Waals surface area contributed by atoms with E-state index in [4.69, 9.17) is 0 Å². The summed E-state index contributed by atoms with van der Waals surface area (Å²) in [5, 5.41) is 3.31. The number of hydrogen-bond donors (Lipinski definition) is 2. The number of H-pyrrole nitrogens is 1. The molecule has 1 aliphatic carbocycles. The summed E-state index contributed by atoms with van der Waals surface area (Å²) in [6.07, 6.45) is 6.53. The highest BCUT2D eigenvalue weighted by Gasteiger charge is 2.26. The van der Waals surface area contributed by atoms with Gasteiger partial charge in [0.05, 0.1) is 0 Å². The maximum Gasteiger partial charge on any atom is 0.252 e. The summed E-state index contributed by atoms with van der Waals surface area (Å²) >= 11 is 0. The predicted octanol–water partition coefficient (Wildman–Crippen LogP) is 2.46. The fraction of sp³-hybridized carbons (Fsp3) is 0.692. The van der Waals surface area contributed by atoms with Gasteiger partial charge in [-0.2, -0.15) is 0 Å². The van der Waals surface area contributed by atoms with Crippen molar-refractivity contribution >= 4 is 5.82 Å². The van der Waals surface area contributed by atoms with Gasteiger partial charge in [-0.05, 0) is 25.2 Å². The topological polar surface area (TPSA) is 57.8 Å². The SMILES string of the molecule is Cc1nc(NCC2(C)CCCCC2)cc(=O)[nH]1. The van der Waals surface area contributed by atoms with E-state index in [-0.39, 0.29) is 5.56 Å². The van der Waals surface area contributed by atoms with Crippen LogP contribution < -0.4 is 10.9 Å². The number of rotatable bonds is 3. The zero-order valence-corrected chi connectivity index (χ0v) is 10.7. The van der Waals surface area contributed by atoms with Gasteiger partial charge in [-0.3, -0.25) is 4.79 Å². The minimum absolute atomic E-state index is 0.0891. The van der Waals surface area contributed by atoms with Crippen LogP contribution in [0.5, 0.6) is 0 Å². The van der Waals surface area contributed by atoms with E-state index in [1.54, 1.807) is 6.92 Å². The highest BCUT2D eigenvalue weighted by Crippen LogP contribution is 2.35. The molecule has 0 saturated heterocycles. The van der Waals surface area contributed by atoms with Crippen LogP contribution in [-0.4, -0.2) is 16.5 Å². The summed E-state index contributed by atoms with van der Waals surface area (Å²) in [6.45, 7) is 5.02. The molecule has 4 nitrogen and oxygen atoms in total. The van der Waals surface area contributed by atoms with E-state index in [9.17, 15) is 4.79 Å². The predicted molar refractivity (Wildman–Crippen MR) is 69.3 cm³/mol. The molecule has 1 heterocycles. The molecule has 1 saturated carbocycles. The Labute approximate surface area is 102 Å². The van der Waals surface area contributed by atoms with Gasteiger partial charge in [-0.15, -0.1) is 0 Å². The lowest BCUT2D eigenvalue weighted by Gasteiger charge is -2.33. The molecule has 0 bridgehead atoms. The normalized spacial score (nSPS) is 18.9. The Morgan fingerprint density at radius 1 is 1.41 bits per heavy atom. The third-order valence-electron chi connectivity index (χ3n) is 3.62. The third kappa shape index (κ3) is 3.32. The molecule has 94 valence electrons. The summed E-state index contributed by atoms with van der Waals surface area (Å²) in [7, 11) is 0. The lowest BCUT2D eigenvalue weighted by atomic mass is 9.76. The second-order valence-electron chi connectivity index (χ2n) is 5.44. The van der Waals surface area contributed by atoms with Crippen molar-refractivity contribution in [3.8, 4) is 0 Å². The molecule has 0 spiro atoms. The van der Waals surface area contributed by atoms with Crippen molar-refractivity contribution in [2.75, 3.05) is 11.9 Å². The lowest BCUT2D eigenvalue weighted by Crippen LogP contribution is -2.29. The van der Waals surface area contributed by atoms with E-state index in [2.05, 4.69) is 22.2 Å². The van der Waals surface area contributed by atoms with Crippen molar-refractivity contribution in [1.29, 1.82) is 0 Å².